The molecule has 5 bridgehead atoms. The number of aliphatic hydroxyl groups excluding tert-OH is 2. The number of aromatic hydroxyl groups is 2. The summed E-state index contributed by atoms with van der Waals surface area (Å²) in [6.45, 7) is 21.1. The number of fused-ring (bicyclic) bond motifs is 14. The van der Waals surface area contributed by atoms with Crippen molar-refractivity contribution in [1.29, 1.82) is 0 Å². The number of hydrogen-bond donors (Lipinski definition) is 5. The highest BCUT2D eigenvalue weighted by Gasteiger charge is 2.50. The van der Waals surface area contributed by atoms with Crippen LogP contribution in [0.3, 0.4) is 0 Å². The summed E-state index contributed by atoms with van der Waals surface area (Å²) in [6.07, 6.45) is 3.61. The SMILES string of the molecule is CCN(CC)CCN(CC)C(=O)COc1cc2c(O)c3c(O)c(C)c4c(c13)C(=O)C(C)(O/C=C/C(OC)C(C)C(OC(C)=O)C(C)C(O)C(C)C(O)C(C)/C=C/C=C(\C)C(=O)N2)O4. The fraction of sp³-hybridized carbons (Fsp3) is 0.574. The zero-order valence-electron chi connectivity index (χ0n) is 38.7. The number of likely N-dealkylation sites (N-methyl/N-ethyl adjacent to an activating group) is 2. The van der Waals surface area contributed by atoms with Crippen molar-refractivity contribution < 1.29 is 63.3 Å². The smallest absolute Gasteiger partial charge is 0.312 e. The number of ether oxygens (including phenoxy) is 5. The second-order valence-corrected chi connectivity index (χ2v) is 16.7. The van der Waals surface area contributed by atoms with E-state index >= 15 is 0 Å². The molecule has 0 aromatic heterocycles. The Hall–Kier alpha value is -5.16. The van der Waals surface area contributed by atoms with Crippen molar-refractivity contribution in [2.45, 2.75) is 106 Å². The van der Waals surface area contributed by atoms with Gasteiger partial charge < -0.3 is 59.2 Å². The molecule has 9 atom stereocenters. The van der Waals surface area contributed by atoms with E-state index in [-0.39, 0.29) is 50.6 Å². The maximum atomic E-state index is 14.6. The van der Waals surface area contributed by atoms with Crippen LogP contribution in [-0.2, 0) is 28.6 Å². The second-order valence-electron chi connectivity index (χ2n) is 16.7. The normalized spacial score (nSPS) is 28.8. The minimum Gasteiger partial charge on any atom is -0.507 e. The number of phenols is 2. The lowest BCUT2D eigenvalue weighted by molar-refractivity contribution is -0.160. The molecule has 63 heavy (non-hydrogen) atoms. The minimum atomic E-state index is -2.03. The third-order valence-corrected chi connectivity index (χ3v) is 12.5. The predicted octanol–water partition coefficient (Wildman–Crippen LogP) is 5.62. The molecule has 0 aliphatic carbocycles. The van der Waals surface area contributed by atoms with E-state index in [2.05, 4.69) is 10.2 Å². The molecule has 3 aliphatic heterocycles. The fourth-order valence-corrected chi connectivity index (χ4v) is 8.24. The second kappa shape index (κ2) is 21.5. The van der Waals surface area contributed by atoms with Crippen LogP contribution in [0, 0.1) is 30.6 Å². The van der Waals surface area contributed by atoms with Gasteiger partial charge in [0.25, 0.3) is 17.6 Å². The molecule has 2 amide bonds. The molecule has 0 saturated heterocycles. The van der Waals surface area contributed by atoms with Gasteiger partial charge in [-0.1, -0.05) is 59.8 Å². The molecule has 0 saturated carbocycles. The van der Waals surface area contributed by atoms with Gasteiger partial charge in [0, 0.05) is 86.9 Å². The number of nitrogens with one attached hydrogen (secondary N) is 1. The van der Waals surface area contributed by atoms with Crippen molar-refractivity contribution in [2.24, 2.45) is 23.7 Å². The lowest BCUT2D eigenvalue weighted by Crippen LogP contribution is -2.46. The molecular formula is C47H67N3O13. The molecule has 348 valence electrons. The number of nitrogens with zero attached hydrogens (tertiary/aromatic N) is 2. The Kier molecular flexibility index (Phi) is 17.2. The van der Waals surface area contributed by atoms with Gasteiger partial charge in [-0.15, -0.1) is 0 Å². The Morgan fingerprint density at radius 3 is 2.17 bits per heavy atom. The first-order chi connectivity index (χ1) is 29.7. The van der Waals surface area contributed by atoms with Gasteiger partial charge >= 0.3 is 11.8 Å². The van der Waals surface area contributed by atoms with E-state index in [0.29, 0.717) is 19.6 Å². The van der Waals surface area contributed by atoms with E-state index < -0.39 is 89.6 Å². The average molecular weight is 882 g/mol. The van der Waals surface area contributed by atoms with Crippen molar-refractivity contribution in [3.05, 3.63) is 53.3 Å². The molecule has 0 radical (unpaired) electrons. The number of hydrogen-bond acceptors (Lipinski definition) is 14. The Labute approximate surface area is 370 Å². The van der Waals surface area contributed by atoms with E-state index in [9.17, 15) is 39.6 Å². The van der Waals surface area contributed by atoms with Crippen LogP contribution in [0.5, 0.6) is 23.0 Å². The van der Waals surface area contributed by atoms with E-state index in [1.54, 1.807) is 44.7 Å². The van der Waals surface area contributed by atoms with Crippen LogP contribution in [0.1, 0.15) is 85.2 Å². The molecule has 16 heteroatoms. The standard InChI is InChI=1S/C47H67N3O13/c1-13-49(14-2)20-21-50(15-3)35(52)24-60-34-23-32-42(56)37-36(34)38-44(30(9)41(37)55)63-47(11,45(38)57)61-22-19-33(59-12)27(6)43(62-31(10)51)29(8)40(54)28(7)39(53)25(4)17-16-18-26(5)46(58)48-32/h16-19,22-23,25,27-29,33,39-40,43,53-56H,13-15,20-21,24H2,1-12H3,(H,48,58)/b17-16+,22-19+,26-18+. The number of aliphatic hydroxyl groups is 2. The first-order valence-corrected chi connectivity index (χ1v) is 21.7. The van der Waals surface area contributed by atoms with Gasteiger partial charge in [0.1, 0.15) is 23.4 Å². The third-order valence-electron chi connectivity index (χ3n) is 12.5. The van der Waals surface area contributed by atoms with E-state index in [1.165, 1.54) is 59.3 Å². The predicted molar refractivity (Wildman–Crippen MR) is 238 cm³/mol. The molecule has 2 aromatic carbocycles. The first-order valence-electron chi connectivity index (χ1n) is 21.7. The van der Waals surface area contributed by atoms with Crippen LogP contribution >= 0.6 is 0 Å². The highest BCUT2D eigenvalue weighted by Crippen LogP contribution is 2.54. The largest absolute Gasteiger partial charge is 0.507 e. The molecule has 9 unspecified atom stereocenters. The molecule has 3 aliphatic rings. The minimum absolute atomic E-state index is 0.0568. The summed E-state index contributed by atoms with van der Waals surface area (Å²) in [7, 11) is 1.44. The van der Waals surface area contributed by atoms with Gasteiger partial charge in [0.05, 0.1) is 41.2 Å². The Balaban J connectivity index is 1.91. The third kappa shape index (κ3) is 11.0. The number of phenolic OH excluding ortho intramolecular Hbond substituents is 2. The van der Waals surface area contributed by atoms with Crippen molar-refractivity contribution in [1.82, 2.24) is 9.80 Å². The lowest BCUT2D eigenvalue weighted by atomic mass is 9.78. The Morgan fingerprint density at radius 1 is 0.905 bits per heavy atom. The molecule has 2 aromatic rings. The molecule has 0 fully saturated rings. The highest BCUT2D eigenvalue weighted by atomic mass is 16.7. The van der Waals surface area contributed by atoms with Crippen molar-refractivity contribution in [3.8, 4) is 23.0 Å². The number of rotatable bonds is 11. The van der Waals surface area contributed by atoms with Crippen molar-refractivity contribution in [3.63, 3.8) is 0 Å². The molecule has 0 spiro atoms. The van der Waals surface area contributed by atoms with E-state index in [0.717, 1.165) is 13.1 Å². The molecule has 5 N–H and O–H groups in total. The zero-order chi connectivity index (χ0) is 47.1. The zero-order valence-corrected chi connectivity index (χ0v) is 38.7. The number of carbonyl (C=O) groups excluding carboxylic acids is 4. The number of esters is 1. The van der Waals surface area contributed by atoms with Gasteiger partial charge in [0.2, 0.25) is 0 Å². The van der Waals surface area contributed by atoms with Gasteiger partial charge in [-0.05, 0) is 39.9 Å². The number of Topliss-reactive ketones (excluding diaryl/α,β-unsaturated/α-hetero) is 1. The maximum Gasteiger partial charge on any atom is 0.312 e. The Bertz CT molecular complexity index is 2100. The summed E-state index contributed by atoms with van der Waals surface area (Å²) in [6, 6.07) is 1.28. The quantitative estimate of drug-likeness (QED) is 0.137. The number of anilines is 1. The summed E-state index contributed by atoms with van der Waals surface area (Å²) >= 11 is 0. The van der Waals surface area contributed by atoms with Gasteiger partial charge in [-0.3, -0.25) is 19.2 Å². The highest BCUT2D eigenvalue weighted by molar-refractivity contribution is 6.21. The summed E-state index contributed by atoms with van der Waals surface area (Å²) in [5.41, 5.74) is -0.00604. The number of carbonyl (C=O) groups is 4. The maximum absolute atomic E-state index is 14.6. The molecular weight excluding hydrogens is 815 g/mol. The van der Waals surface area contributed by atoms with Crippen LogP contribution in [-0.4, -0.2) is 130 Å². The molecule has 16 nitrogen and oxygen atoms in total. The summed E-state index contributed by atoms with van der Waals surface area (Å²) in [5, 5.41) is 48.7. The number of methoxy groups -OCH3 is 1. The van der Waals surface area contributed by atoms with Crippen LogP contribution in [0.2, 0.25) is 0 Å². The number of ketones is 1. The molecule has 3 heterocycles. The van der Waals surface area contributed by atoms with E-state index in [4.69, 9.17) is 23.7 Å². The van der Waals surface area contributed by atoms with Gasteiger partial charge in [0.15, 0.2) is 12.4 Å². The fourth-order valence-electron chi connectivity index (χ4n) is 8.24. The van der Waals surface area contributed by atoms with Crippen LogP contribution in [0.4, 0.5) is 5.69 Å². The average Bonchev–Trinajstić information content (AvgIpc) is 3.52. The Morgan fingerprint density at radius 2 is 1.57 bits per heavy atom. The van der Waals surface area contributed by atoms with E-state index in [1.807, 2.05) is 20.8 Å². The summed E-state index contributed by atoms with van der Waals surface area (Å²) < 4.78 is 30.0. The number of benzene rings is 2. The van der Waals surface area contributed by atoms with Crippen LogP contribution < -0.4 is 14.8 Å². The summed E-state index contributed by atoms with van der Waals surface area (Å²) in [4.78, 5) is 58.1. The first kappa shape index (κ1) is 50.5. The van der Waals surface area contributed by atoms with Crippen molar-refractivity contribution in [2.75, 3.05) is 51.8 Å². The monoisotopic (exact) mass is 881 g/mol. The van der Waals surface area contributed by atoms with Crippen molar-refractivity contribution >= 4 is 40.0 Å². The number of allylic oxidation sites excluding steroid dienone is 2. The van der Waals surface area contributed by atoms with Gasteiger partial charge in [-0.25, -0.2) is 0 Å². The topological polar surface area (TPSA) is 214 Å². The number of amides is 2. The van der Waals surface area contributed by atoms with Crippen LogP contribution in [0.15, 0.2) is 42.2 Å². The lowest BCUT2D eigenvalue weighted by Gasteiger charge is -2.38. The van der Waals surface area contributed by atoms with Crippen LogP contribution in [0.25, 0.3) is 10.8 Å². The molecule has 5 rings (SSSR count). The summed E-state index contributed by atoms with van der Waals surface area (Å²) in [5.74, 6) is -8.02. The van der Waals surface area contributed by atoms with Gasteiger partial charge in [-0.2, -0.15) is 0 Å².